The van der Waals surface area contributed by atoms with Crippen molar-refractivity contribution in [3.63, 3.8) is 0 Å². The van der Waals surface area contributed by atoms with E-state index in [9.17, 15) is 0 Å². The molecule has 1 aliphatic carbocycles. The molecule has 0 fully saturated rings. The van der Waals surface area contributed by atoms with Gasteiger partial charge in [0, 0.05) is 12.7 Å². The molecule has 1 aliphatic rings. The van der Waals surface area contributed by atoms with Crippen LogP contribution in [0.5, 0.6) is 0 Å². The minimum Gasteiger partial charge on any atom is -0.388 e. The standard InChI is InChI=1S/C16H21N/c1-5-6-12-9-13-10-14(17-4)7-8-15(13)16(12)11(2)3/h5-8,10-11,17H,9H2,1-4H3/b6-5-. The summed E-state index contributed by atoms with van der Waals surface area (Å²) in [6.45, 7) is 6.65. The maximum atomic E-state index is 3.21. The molecule has 1 N–H and O–H groups in total. The first-order chi connectivity index (χ1) is 8.17. The number of benzene rings is 1. The molecule has 0 spiro atoms. The molecular weight excluding hydrogens is 206 g/mol. The lowest BCUT2D eigenvalue weighted by Gasteiger charge is -2.11. The molecule has 2 rings (SSSR count). The molecule has 0 saturated carbocycles. The van der Waals surface area contributed by atoms with Gasteiger partial charge in [-0.3, -0.25) is 0 Å². The maximum absolute atomic E-state index is 3.21. The predicted octanol–water partition coefficient (Wildman–Crippen LogP) is 4.27. The average molecular weight is 227 g/mol. The van der Waals surface area contributed by atoms with Gasteiger partial charge in [-0.1, -0.05) is 32.1 Å². The Labute approximate surface area is 104 Å². The van der Waals surface area contributed by atoms with Gasteiger partial charge in [0.1, 0.15) is 0 Å². The van der Waals surface area contributed by atoms with Gasteiger partial charge in [0.25, 0.3) is 0 Å². The Balaban J connectivity index is 2.49. The maximum Gasteiger partial charge on any atom is 0.0340 e. The Morgan fingerprint density at radius 3 is 2.65 bits per heavy atom. The highest BCUT2D eigenvalue weighted by Crippen LogP contribution is 2.39. The van der Waals surface area contributed by atoms with E-state index in [4.69, 9.17) is 0 Å². The average Bonchev–Trinajstić information content (AvgIpc) is 2.66. The van der Waals surface area contributed by atoms with Crippen LogP contribution in [0.15, 0.2) is 35.9 Å². The summed E-state index contributed by atoms with van der Waals surface area (Å²) >= 11 is 0. The number of allylic oxidation sites excluding steroid dienone is 4. The van der Waals surface area contributed by atoms with Crippen LogP contribution < -0.4 is 5.32 Å². The molecule has 17 heavy (non-hydrogen) atoms. The van der Waals surface area contributed by atoms with Crippen molar-refractivity contribution in [3.8, 4) is 0 Å². The number of fused-ring (bicyclic) bond motifs is 1. The predicted molar refractivity (Wildman–Crippen MR) is 76.3 cm³/mol. The van der Waals surface area contributed by atoms with Gasteiger partial charge in [0.15, 0.2) is 0 Å². The highest BCUT2D eigenvalue weighted by Gasteiger charge is 2.21. The van der Waals surface area contributed by atoms with Crippen molar-refractivity contribution in [1.29, 1.82) is 0 Å². The minimum absolute atomic E-state index is 0.586. The number of hydrogen-bond donors (Lipinski definition) is 1. The topological polar surface area (TPSA) is 12.0 Å². The smallest absolute Gasteiger partial charge is 0.0340 e. The lowest BCUT2D eigenvalue weighted by molar-refractivity contribution is 0.854. The van der Waals surface area contributed by atoms with E-state index in [2.05, 4.69) is 56.4 Å². The van der Waals surface area contributed by atoms with Crippen molar-refractivity contribution >= 4 is 11.3 Å². The summed E-state index contributed by atoms with van der Waals surface area (Å²) in [5.74, 6) is 0.586. The summed E-state index contributed by atoms with van der Waals surface area (Å²) in [5, 5.41) is 3.21. The van der Waals surface area contributed by atoms with Gasteiger partial charge in [-0.25, -0.2) is 0 Å². The molecule has 0 atom stereocenters. The Hall–Kier alpha value is -1.50. The van der Waals surface area contributed by atoms with Crippen LogP contribution in [0.2, 0.25) is 0 Å². The quantitative estimate of drug-likeness (QED) is 0.813. The molecule has 1 aromatic rings. The van der Waals surface area contributed by atoms with Crippen LogP contribution in [0, 0.1) is 5.92 Å². The van der Waals surface area contributed by atoms with Crippen LogP contribution in [0.1, 0.15) is 31.9 Å². The Bertz CT molecular complexity index is 478. The molecule has 0 unspecified atom stereocenters. The lowest BCUT2D eigenvalue weighted by atomic mass is 9.94. The first kappa shape index (κ1) is 12.0. The zero-order valence-corrected chi connectivity index (χ0v) is 11.2. The normalized spacial score (nSPS) is 14.9. The third kappa shape index (κ3) is 2.14. The zero-order valence-electron chi connectivity index (χ0n) is 11.2. The van der Waals surface area contributed by atoms with E-state index in [1.165, 1.54) is 28.0 Å². The number of hydrogen-bond acceptors (Lipinski definition) is 1. The molecule has 90 valence electrons. The van der Waals surface area contributed by atoms with Gasteiger partial charge >= 0.3 is 0 Å². The fourth-order valence-electron chi connectivity index (χ4n) is 2.66. The fraction of sp³-hybridized carbons (Fsp3) is 0.375. The van der Waals surface area contributed by atoms with Crippen molar-refractivity contribution in [1.82, 2.24) is 0 Å². The largest absolute Gasteiger partial charge is 0.388 e. The Morgan fingerprint density at radius 2 is 2.06 bits per heavy atom. The van der Waals surface area contributed by atoms with Crippen LogP contribution >= 0.6 is 0 Å². The molecule has 0 bridgehead atoms. The van der Waals surface area contributed by atoms with E-state index in [0.717, 1.165) is 6.42 Å². The van der Waals surface area contributed by atoms with Gasteiger partial charge in [-0.15, -0.1) is 0 Å². The third-order valence-electron chi connectivity index (χ3n) is 3.36. The Kier molecular flexibility index (Phi) is 3.37. The zero-order chi connectivity index (χ0) is 12.4. The summed E-state index contributed by atoms with van der Waals surface area (Å²) in [4.78, 5) is 0. The van der Waals surface area contributed by atoms with Crippen LogP contribution in [-0.2, 0) is 6.42 Å². The SMILES string of the molecule is C/C=C\C1=C(C(C)C)c2ccc(NC)cc2C1. The van der Waals surface area contributed by atoms with Crippen molar-refractivity contribution < 1.29 is 0 Å². The molecule has 0 aliphatic heterocycles. The molecule has 0 saturated heterocycles. The van der Waals surface area contributed by atoms with E-state index < -0.39 is 0 Å². The summed E-state index contributed by atoms with van der Waals surface area (Å²) in [5.41, 5.74) is 7.08. The first-order valence-corrected chi connectivity index (χ1v) is 6.34. The second kappa shape index (κ2) is 4.79. The molecule has 0 aromatic heterocycles. The first-order valence-electron chi connectivity index (χ1n) is 6.34. The Morgan fingerprint density at radius 1 is 1.29 bits per heavy atom. The van der Waals surface area contributed by atoms with Crippen LogP contribution in [-0.4, -0.2) is 7.05 Å². The molecule has 0 radical (unpaired) electrons. The van der Waals surface area contributed by atoms with Gasteiger partial charge in [0.2, 0.25) is 0 Å². The highest BCUT2D eigenvalue weighted by molar-refractivity contribution is 5.80. The monoisotopic (exact) mass is 227 g/mol. The molecule has 0 heterocycles. The third-order valence-corrected chi connectivity index (χ3v) is 3.36. The van der Waals surface area contributed by atoms with Crippen molar-refractivity contribution in [2.75, 3.05) is 12.4 Å². The van der Waals surface area contributed by atoms with Crippen LogP contribution in [0.3, 0.4) is 0 Å². The summed E-state index contributed by atoms with van der Waals surface area (Å²) in [7, 11) is 1.97. The molecule has 1 aromatic carbocycles. The number of nitrogens with one attached hydrogen (secondary N) is 1. The van der Waals surface area contributed by atoms with Crippen molar-refractivity contribution in [3.05, 3.63) is 47.1 Å². The van der Waals surface area contributed by atoms with Crippen LogP contribution in [0.25, 0.3) is 5.57 Å². The lowest BCUT2D eigenvalue weighted by Crippen LogP contribution is -1.94. The second-order valence-corrected chi connectivity index (χ2v) is 4.89. The van der Waals surface area contributed by atoms with E-state index in [-0.39, 0.29) is 0 Å². The van der Waals surface area contributed by atoms with E-state index in [0.29, 0.717) is 5.92 Å². The minimum atomic E-state index is 0.586. The van der Waals surface area contributed by atoms with Gasteiger partial charge in [-0.05, 0) is 53.7 Å². The number of anilines is 1. The molecule has 1 nitrogen and oxygen atoms in total. The van der Waals surface area contributed by atoms with Crippen molar-refractivity contribution in [2.45, 2.75) is 27.2 Å². The highest BCUT2D eigenvalue weighted by atomic mass is 14.8. The van der Waals surface area contributed by atoms with Gasteiger partial charge < -0.3 is 5.32 Å². The molecular formula is C16H21N. The summed E-state index contributed by atoms with van der Waals surface area (Å²) in [6, 6.07) is 6.70. The van der Waals surface area contributed by atoms with E-state index in [1.807, 2.05) is 7.05 Å². The summed E-state index contributed by atoms with van der Waals surface area (Å²) < 4.78 is 0. The van der Waals surface area contributed by atoms with Gasteiger partial charge in [-0.2, -0.15) is 0 Å². The van der Waals surface area contributed by atoms with Gasteiger partial charge in [0.05, 0.1) is 0 Å². The summed E-state index contributed by atoms with van der Waals surface area (Å²) in [6.07, 6.45) is 5.47. The van der Waals surface area contributed by atoms with E-state index >= 15 is 0 Å². The molecule has 0 amide bonds. The second-order valence-electron chi connectivity index (χ2n) is 4.89. The molecule has 1 heteroatoms. The number of rotatable bonds is 3. The van der Waals surface area contributed by atoms with Crippen LogP contribution in [0.4, 0.5) is 5.69 Å². The fourth-order valence-corrected chi connectivity index (χ4v) is 2.66. The van der Waals surface area contributed by atoms with Crippen molar-refractivity contribution in [2.24, 2.45) is 5.92 Å². The van der Waals surface area contributed by atoms with E-state index in [1.54, 1.807) is 0 Å².